The number of aromatic hydroxyl groups is 1. The molecule has 0 saturated carbocycles. The van der Waals surface area contributed by atoms with Gasteiger partial charge in [0, 0.05) is 6.07 Å². The number of benzene rings is 1. The first-order chi connectivity index (χ1) is 5.27. The van der Waals surface area contributed by atoms with E-state index in [4.69, 9.17) is 5.11 Å². The minimum atomic E-state index is -0.431. The summed E-state index contributed by atoms with van der Waals surface area (Å²) in [5.41, 5.74) is 2.04. The van der Waals surface area contributed by atoms with Gasteiger partial charge in [-0.25, -0.2) is 9.37 Å². The Morgan fingerprint density at radius 3 is 3.09 bits per heavy atom. The average molecular weight is 169 g/mol. The lowest BCUT2D eigenvalue weighted by molar-refractivity contribution is 0.475. The molecule has 1 aromatic carbocycles. The van der Waals surface area contributed by atoms with Gasteiger partial charge in [0.15, 0.2) is 0 Å². The highest BCUT2D eigenvalue weighted by molar-refractivity contribution is 7.16. The first-order valence-corrected chi connectivity index (χ1v) is 3.87. The molecule has 1 aromatic heterocycles. The molecule has 1 heterocycles. The summed E-state index contributed by atoms with van der Waals surface area (Å²) in [4.78, 5) is 3.86. The molecule has 0 aliphatic rings. The molecule has 11 heavy (non-hydrogen) atoms. The van der Waals surface area contributed by atoms with E-state index >= 15 is 0 Å². The topological polar surface area (TPSA) is 33.1 Å². The van der Waals surface area contributed by atoms with E-state index in [-0.39, 0.29) is 5.75 Å². The van der Waals surface area contributed by atoms with Crippen molar-refractivity contribution in [2.75, 3.05) is 0 Å². The molecule has 0 radical (unpaired) electrons. The number of nitrogens with zero attached hydrogens (tertiary/aromatic N) is 1. The van der Waals surface area contributed by atoms with Crippen molar-refractivity contribution in [2.24, 2.45) is 0 Å². The molecule has 2 rings (SSSR count). The Labute approximate surface area is 65.9 Å². The Kier molecular flexibility index (Phi) is 1.29. The molecule has 2 nitrogen and oxygen atoms in total. The molecule has 4 heteroatoms. The zero-order chi connectivity index (χ0) is 7.84. The SMILES string of the molecule is Oc1cc(F)cc2scnc12. The van der Waals surface area contributed by atoms with Gasteiger partial charge in [0.25, 0.3) is 0 Å². The molecule has 0 fully saturated rings. The maximum absolute atomic E-state index is 12.6. The molecule has 0 spiro atoms. The summed E-state index contributed by atoms with van der Waals surface area (Å²) in [7, 11) is 0. The lowest BCUT2D eigenvalue weighted by atomic mass is 10.3. The van der Waals surface area contributed by atoms with Crippen LogP contribution in [0, 0.1) is 5.82 Å². The highest BCUT2D eigenvalue weighted by Crippen LogP contribution is 2.27. The Hall–Kier alpha value is -1.16. The Morgan fingerprint density at radius 2 is 2.27 bits per heavy atom. The van der Waals surface area contributed by atoms with Crippen molar-refractivity contribution in [1.29, 1.82) is 0 Å². The first-order valence-electron chi connectivity index (χ1n) is 2.99. The summed E-state index contributed by atoms with van der Waals surface area (Å²) in [5, 5.41) is 9.15. The van der Waals surface area contributed by atoms with Gasteiger partial charge in [-0.05, 0) is 6.07 Å². The van der Waals surface area contributed by atoms with E-state index in [2.05, 4.69) is 4.98 Å². The lowest BCUT2D eigenvalue weighted by Crippen LogP contribution is -1.74. The van der Waals surface area contributed by atoms with E-state index in [0.29, 0.717) is 10.2 Å². The molecular formula is C7H4FNOS. The molecule has 1 N–H and O–H groups in total. The zero-order valence-electron chi connectivity index (χ0n) is 5.41. The van der Waals surface area contributed by atoms with Gasteiger partial charge in [-0.1, -0.05) is 0 Å². The van der Waals surface area contributed by atoms with Crippen molar-refractivity contribution >= 4 is 21.6 Å². The highest BCUT2D eigenvalue weighted by atomic mass is 32.1. The quantitative estimate of drug-likeness (QED) is 0.655. The molecule has 0 aliphatic carbocycles. The van der Waals surface area contributed by atoms with Crippen LogP contribution >= 0.6 is 11.3 Å². The molecule has 2 aromatic rings. The summed E-state index contributed by atoms with van der Waals surface area (Å²) in [6.45, 7) is 0. The minimum absolute atomic E-state index is 0.0961. The molecule has 0 unspecified atom stereocenters. The summed E-state index contributed by atoms with van der Waals surface area (Å²) < 4.78 is 13.3. The number of hydrogen-bond donors (Lipinski definition) is 1. The van der Waals surface area contributed by atoms with Crippen molar-refractivity contribution in [3.05, 3.63) is 23.5 Å². The number of hydrogen-bond acceptors (Lipinski definition) is 3. The van der Waals surface area contributed by atoms with Gasteiger partial charge in [0.05, 0.1) is 10.2 Å². The monoisotopic (exact) mass is 169 g/mol. The van der Waals surface area contributed by atoms with Gasteiger partial charge < -0.3 is 5.11 Å². The van der Waals surface area contributed by atoms with Gasteiger partial charge in [0.1, 0.15) is 17.1 Å². The van der Waals surface area contributed by atoms with Crippen LogP contribution in [0.4, 0.5) is 4.39 Å². The zero-order valence-corrected chi connectivity index (χ0v) is 6.23. The van der Waals surface area contributed by atoms with Gasteiger partial charge in [0.2, 0.25) is 0 Å². The number of phenols is 1. The van der Waals surface area contributed by atoms with Crippen molar-refractivity contribution < 1.29 is 9.50 Å². The molecule has 56 valence electrons. The molecule has 0 atom stereocenters. The fraction of sp³-hybridized carbons (Fsp3) is 0. The van der Waals surface area contributed by atoms with E-state index < -0.39 is 5.82 Å². The number of fused-ring (bicyclic) bond motifs is 1. The van der Waals surface area contributed by atoms with Crippen LogP contribution in [-0.4, -0.2) is 10.1 Å². The summed E-state index contributed by atoms with van der Waals surface area (Å²) in [6.07, 6.45) is 0. The largest absolute Gasteiger partial charge is 0.506 e. The molecule has 0 bridgehead atoms. The van der Waals surface area contributed by atoms with Crippen molar-refractivity contribution in [3.63, 3.8) is 0 Å². The Bertz CT molecular complexity index is 398. The van der Waals surface area contributed by atoms with Crippen LogP contribution in [0.2, 0.25) is 0 Å². The van der Waals surface area contributed by atoms with Crippen molar-refractivity contribution in [3.8, 4) is 5.75 Å². The van der Waals surface area contributed by atoms with Crippen LogP contribution in [0.1, 0.15) is 0 Å². The van der Waals surface area contributed by atoms with Crippen LogP contribution in [0.3, 0.4) is 0 Å². The van der Waals surface area contributed by atoms with Crippen LogP contribution in [0.5, 0.6) is 5.75 Å². The fourth-order valence-electron chi connectivity index (χ4n) is 0.916. The molecule has 0 aliphatic heterocycles. The van der Waals surface area contributed by atoms with Crippen LogP contribution < -0.4 is 0 Å². The Morgan fingerprint density at radius 1 is 1.45 bits per heavy atom. The van der Waals surface area contributed by atoms with Gasteiger partial charge in [-0.15, -0.1) is 11.3 Å². The maximum atomic E-state index is 12.6. The predicted molar refractivity (Wildman–Crippen MR) is 41.2 cm³/mol. The van der Waals surface area contributed by atoms with E-state index in [1.54, 1.807) is 5.51 Å². The highest BCUT2D eigenvalue weighted by Gasteiger charge is 2.04. The Balaban J connectivity index is 2.91. The number of rotatable bonds is 0. The lowest BCUT2D eigenvalue weighted by Gasteiger charge is -1.92. The molecule has 0 amide bonds. The second-order valence-corrected chi connectivity index (χ2v) is 3.01. The smallest absolute Gasteiger partial charge is 0.145 e. The van der Waals surface area contributed by atoms with Gasteiger partial charge in [-0.3, -0.25) is 0 Å². The second kappa shape index (κ2) is 2.17. The molecule has 0 saturated heterocycles. The number of aromatic nitrogens is 1. The van der Waals surface area contributed by atoms with E-state index in [1.165, 1.54) is 17.4 Å². The number of thiazole rings is 1. The fourth-order valence-corrected chi connectivity index (χ4v) is 1.64. The third-order valence-corrected chi connectivity index (χ3v) is 2.16. The average Bonchev–Trinajstić information content (AvgIpc) is 2.34. The molecular weight excluding hydrogens is 165 g/mol. The van der Waals surface area contributed by atoms with E-state index in [1.807, 2.05) is 0 Å². The van der Waals surface area contributed by atoms with Crippen molar-refractivity contribution in [2.45, 2.75) is 0 Å². The summed E-state index contributed by atoms with van der Waals surface area (Å²) in [6, 6.07) is 2.41. The first kappa shape index (κ1) is 6.54. The minimum Gasteiger partial charge on any atom is -0.506 e. The summed E-state index contributed by atoms with van der Waals surface area (Å²) >= 11 is 1.30. The van der Waals surface area contributed by atoms with Gasteiger partial charge in [-0.2, -0.15) is 0 Å². The maximum Gasteiger partial charge on any atom is 0.145 e. The van der Waals surface area contributed by atoms with E-state index in [9.17, 15) is 4.39 Å². The van der Waals surface area contributed by atoms with Crippen LogP contribution in [0.15, 0.2) is 17.6 Å². The normalized spacial score (nSPS) is 10.6. The van der Waals surface area contributed by atoms with Crippen molar-refractivity contribution in [1.82, 2.24) is 4.98 Å². The standard InChI is InChI=1S/C7H4FNOS/c8-4-1-5(10)7-6(2-4)11-3-9-7/h1-3,10H. The predicted octanol–water partition coefficient (Wildman–Crippen LogP) is 2.14. The van der Waals surface area contributed by atoms with Gasteiger partial charge >= 0.3 is 0 Å². The number of halogens is 1. The van der Waals surface area contributed by atoms with Crippen LogP contribution in [-0.2, 0) is 0 Å². The third kappa shape index (κ3) is 0.952. The number of phenolic OH excluding ortho intramolecular Hbond substituents is 1. The van der Waals surface area contributed by atoms with Crippen LogP contribution in [0.25, 0.3) is 10.2 Å². The van der Waals surface area contributed by atoms with E-state index in [0.717, 1.165) is 6.07 Å². The third-order valence-electron chi connectivity index (χ3n) is 1.38. The second-order valence-electron chi connectivity index (χ2n) is 2.12. The summed E-state index contributed by atoms with van der Waals surface area (Å²) in [5.74, 6) is -0.527.